The average Bonchev–Trinajstić information content (AvgIpc) is 3.44. The van der Waals surface area contributed by atoms with E-state index in [-0.39, 0.29) is 6.10 Å². The van der Waals surface area contributed by atoms with E-state index in [1.807, 2.05) is 20.8 Å². The number of aliphatic carboxylic acids is 1. The Hall–Kier alpha value is -2.02. The van der Waals surface area contributed by atoms with Gasteiger partial charge in [0.05, 0.1) is 42.3 Å². The third-order valence-corrected chi connectivity index (χ3v) is 6.17. The van der Waals surface area contributed by atoms with Gasteiger partial charge in [-0.2, -0.15) is 13.2 Å². The summed E-state index contributed by atoms with van der Waals surface area (Å²) in [4.78, 5) is 15.8. The van der Waals surface area contributed by atoms with Gasteiger partial charge < -0.3 is 19.1 Å². The smallest absolute Gasteiger partial charge is 0.475 e. The van der Waals surface area contributed by atoms with E-state index in [9.17, 15) is 13.2 Å². The highest BCUT2D eigenvalue weighted by Crippen LogP contribution is 2.34. The Balaban J connectivity index is 0.000000339. The number of fused-ring (bicyclic) bond motifs is 1. The number of halogens is 3. The first-order valence-electron chi connectivity index (χ1n) is 9.62. The fourth-order valence-electron chi connectivity index (χ4n) is 3.75. The second-order valence-electron chi connectivity index (χ2n) is 7.51. The Labute approximate surface area is 180 Å². The Morgan fingerprint density at radius 3 is 2.61 bits per heavy atom. The van der Waals surface area contributed by atoms with Crippen LogP contribution >= 0.6 is 11.3 Å². The predicted octanol–water partition coefficient (Wildman–Crippen LogP) is 3.11. The van der Waals surface area contributed by atoms with Crippen LogP contribution in [0.1, 0.15) is 27.7 Å². The normalized spacial score (nSPS) is 23.5. The van der Waals surface area contributed by atoms with Crippen molar-refractivity contribution in [3.8, 4) is 0 Å². The predicted molar refractivity (Wildman–Crippen MR) is 104 cm³/mol. The van der Waals surface area contributed by atoms with Crippen molar-refractivity contribution in [1.82, 2.24) is 15.0 Å². The van der Waals surface area contributed by atoms with E-state index in [1.54, 1.807) is 11.3 Å². The molecule has 2 aliphatic heterocycles. The zero-order valence-electron chi connectivity index (χ0n) is 17.3. The molecule has 1 N–H and O–H groups in total. The van der Waals surface area contributed by atoms with Crippen molar-refractivity contribution >= 4 is 17.3 Å². The van der Waals surface area contributed by atoms with Crippen molar-refractivity contribution < 1.29 is 37.1 Å². The SMILES string of the molecule is Cc1nc(CO[C@H]2CN(Cc3c(C)noc3C)[C@@H]3COC[C@H]23)cs1.O=C(O)C(F)(F)F. The standard InChI is InChI=1S/C17H23N3O3S.C2HF3O2/c1-10-14(11(2)23-19-10)4-20-5-17(15-7-21-8-16(15)20)22-6-13-9-24-12(3)18-13;3-2(4,5)1(6)7/h9,15-17H,4-8H2,1-3H3;(H,6,7)/t15-,16+,17-;/m0./s1. The van der Waals surface area contributed by atoms with E-state index < -0.39 is 12.1 Å². The number of likely N-dealkylation sites (tertiary alicyclic amines) is 1. The molecule has 4 heterocycles. The van der Waals surface area contributed by atoms with Gasteiger partial charge in [0.1, 0.15) is 5.76 Å². The number of aryl methyl sites for hydroxylation is 3. The van der Waals surface area contributed by atoms with Crippen molar-refractivity contribution in [2.75, 3.05) is 19.8 Å². The maximum Gasteiger partial charge on any atom is 0.490 e. The number of carboxylic acids is 1. The summed E-state index contributed by atoms with van der Waals surface area (Å²) in [6.07, 6.45) is -4.89. The van der Waals surface area contributed by atoms with Crippen LogP contribution in [-0.2, 0) is 27.4 Å². The van der Waals surface area contributed by atoms with Crippen molar-refractivity contribution in [2.24, 2.45) is 5.92 Å². The van der Waals surface area contributed by atoms with E-state index in [0.29, 0.717) is 18.6 Å². The minimum Gasteiger partial charge on any atom is -0.475 e. The molecule has 2 aromatic rings. The number of hydrogen-bond acceptors (Lipinski definition) is 8. The molecule has 0 aliphatic carbocycles. The molecule has 0 spiro atoms. The molecule has 31 heavy (non-hydrogen) atoms. The molecule has 0 unspecified atom stereocenters. The van der Waals surface area contributed by atoms with Gasteiger partial charge in [-0.3, -0.25) is 4.90 Å². The van der Waals surface area contributed by atoms with Crippen LogP contribution < -0.4 is 0 Å². The zero-order valence-corrected chi connectivity index (χ0v) is 18.1. The van der Waals surface area contributed by atoms with Crippen molar-refractivity contribution in [3.05, 3.63) is 33.1 Å². The van der Waals surface area contributed by atoms with Gasteiger partial charge in [-0.1, -0.05) is 5.16 Å². The molecule has 2 saturated heterocycles. The van der Waals surface area contributed by atoms with Gasteiger partial charge in [0.15, 0.2) is 0 Å². The Morgan fingerprint density at radius 1 is 1.35 bits per heavy atom. The van der Waals surface area contributed by atoms with Crippen LogP contribution in [0.4, 0.5) is 13.2 Å². The molecule has 2 aliphatic rings. The van der Waals surface area contributed by atoms with E-state index in [0.717, 1.165) is 48.5 Å². The highest BCUT2D eigenvalue weighted by Gasteiger charge is 2.46. The molecule has 172 valence electrons. The Kier molecular flexibility index (Phi) is 7.35. The third kappa shape index (κ3) is 5.82. The van der Waals surface area contributed by atoms with Gasteiger partial charge in [-0.05, 0) is 20.8 Å². The highest BCUT2D eigenvalue weighted by atomic mass is 32.1. The second kappa shape index (κ2) is 9.63. The molecule has 0 amide bonds. The molecule has 0 aromatic carbocycles. The van der Waals surface area contributed by atoms with Crippen LogP contribution in [0.3, 0.4) is 0 Å². The van der Waals surface area contributed by atoms with Crippen LogP contribution in [-0.4, -0.2) is 64.2 Å². The minimum absolute atomic E-state index is 0.194. The molecule has 3 atom stereocenters. The van der Waals surface area contributed by atoms with Crippen LogP contribution in [0.15, 0.2) is 9.90 Å². The van der Waals surface area contributed by atoms with Gasteiger partial charge >= 0.3 is 12.1 Å². The zero-order chi connectivity index (χ0) is 22.8. The lowest BCUT2D eigenvalue weighted by Crippen LogP contribution is -2.32. The molecule has 0 radical (unpaired) electrons. The van der Waals surface area contributed by atoms with E-state index >= 15 is 0 Å². The van der Waals surface area contributed by atoms with Crippen LogP contribution in [0, 0.1) is 26.7 Å². The number of carbonyl (C=O) groups is 1. The first kappa shape index (κ1) is 23.6. The van der Waals surface area contributed by atoms with Gasteiger partial charge in [0.2, 0.25) is 0 Å². The lowest BCUT2D eigenvalue weighted by Gasteiger charge is -2.21. The van der Waals surface area contributed by atoms with E-state index in [4.69, 9.17) is 23.9 Å². The molecular formula is C19H24F3N3O5S. The van der Waals surface area contributed by atoms with Crippen LogP contribution in [0.5, 0.6) is 0 Å². The number of carboxylic acid groups (broad SMARTS) is 1. The molecule has 2 aromatic heterocycles. The Bertz CT molecular complexity index is 881. The first-order valence-corrected chi connectivity index (χ1v) is 10.5. The maximum atomic E-state index is 10.6. The topological polar surface area (TPSA) is 97.9 Å². The number of rotatable bonds is 5. The first-order chi connectivity index (χ1) is 14.6. The van der Waals surface area contributed by atoms with Crippen molar-refractivity contribution in [2.45, 2.75) is 52.2 Å². The summed E-state index contributed by atoms with van der Waals surface area (Å²) in [5.41, 5.74) is 3.19. The molecule has 2 fully saturated rings. The van der Waals surface area contributed by atoms with Crippen LogP contribution in [0.25, 0.3) is 0 Å². The number of aromatic nitrogens is 2. The number of alkyl halides is 3. The van der Waals surface area contributed by atoms with Gasteiger partial charge in [-0.25, -0.2) is 9.78 Å². The summed E-state index contributed by atoms with van der Waals surface area (Å²) < 4.78 is 49.0. The number of nitrogens with zero attached hydrogens (tertiary/aromatic N) is 3. The summed E-state index contributed by atoms with van der Waals surface area (Å²) in [6, 6.07) is 0.417. The third-order valence-electron chi connectivity index (χ3n) is 5.35. The van der Waals surface area contributed by atoms with Crippen molar-refractivity contribution in [1.29, 1.82) is 0 Å². The number of hydrogen-bond donors (Lipinski definition) is 1. The van der Waals surface area contributed by atoms with E-state index in [2.05, 4.69) is 20.4 Å². The summed E-state index contributed by atoms with van der Waals surface area (Å²) >= 11 is 1.67. The fourth-order valence-corrected chi connectivity index (χ4v) is 4.35. The quantitative estimate of drug-likeness (QED) is 0.723. The largest absolute Gasteiger partial charge is 0.490 e. The van der Waals surface area contributed by atoms with Crippen molar-refractivity contribution in [3.63, 3.8) is 0 Å². The number of thiazole rings is 1. The lowest BCUT2D eigenvalue weighted by molar-refractivity contribution is -0.192. The van der Waals surface area contributed by atoms with E-state index in [1.165, 1.54) is 5.56 Å². The summed E-state index contributed by atoms with van der Waals surface area (Å²) in [5.74, 6) is -1.41. The fraction of sp³-hybridized carbons (Fsp3) is 0.632. The van der Waals surface area contributed by atoms with Gasteiger partial charge in [0, 0.05) is 36.0 Å². The minimum atomic E-state index is -5.08. The number of ether oxygens (including phenoxy) is 2. The van der Waals surface area contributed by atoms with Gasteiger partial charge in [0.25, 0.3) is 0 Å². The summed E-state index contributed by atoms with van der Waals surface area (Å²) in [6.45, 7) is 9.92. The second-order valence-corrected chi connectivity index (χ2v) is 8.57. The monoisotopic (exact) mass is 463 g/mol. The summed E-state index contributed by atoms with van der Waals surface area (Å²) in [5, 5.41) is 14.4. The van der Waals surface area contributed by atoms with Gasteiger partial charge in [-0.15, -0.1) is 11.3 Å². The molecule has 8 nitrogen and oxygen atoms in total. The molecule has 0 saturated carbocycles. The highest BCUT2D eigenvalue weighted by molar-refractivity contribution is 7.09. The molecule has 0 bridgehead atoms. The average molecular weight is 463 g/mol. The Morgan fingerprint density at radius 2 is 2.06 bits per heavy atom. The maximum absolute atomic E-state index is 10.6. The lowest BCUT2D eigenvalue weighted by atomic mass is 10.0. The molecule has 12 heteroatoms. The van der Waals surface area contributed by atoms with Crippen LogP contribution in [0.2, 0.25) is 0 Å². The molecule has 4 rings (SSSR count). The molecular weight excluding hydrogens is 439 g/mol. The summed E-state index contributed by atoms with van der Waals surface area (Å²) in [7, 11) is 0.